The van der Waals surface area contributed by atoms with Crippen LogP contribution in [0.15, 0.2) is 57.8 Å². The molecule has 1 fully saturated rings. The summed E-state index contributed by atoms with van der Waals surface area (Å²) in [6.45, 7) is 0.0842. The third-order valence-corrected chi connectivity index (χ3v) is 8.03. The van der Waals surface area contributed by atoms with Crippen molar-refractivity contribution in [1.82, 2.24) is 9.88 Å². The molecule has 0 atom stereocenters. The molecule has 0 radical (unpaired) electrons. The summed E-state index contributed by atoms with van der Waals surface area (Å²) in [5.41, 5.74) is 1.77. The SMILES string of the molecule is O=C1S/C(=C\c2sc(SCc3ccc(Cl)cc3)nc2Cl)C(=O)N1Cc1ccc(F)cc1. The molecule has 0 spiro atoms. The Morgan fingerprint density at radius 1 is 1.03 bits per heavy atom. The number of nitrogens with zero attached hydrogens (tertiary/aromatic N) is 2. The van der Waals surface area contributed by atoms with Crippen molar-refractivity contribution in [3.05, 3.63) is 85.4 Å². The molecule has 1 saturated heterocycles. The molecule has 0 bridgehead atoms. The first kappa shape index (κ1) is 22.4. The largest absolute Gasteiger partial charge is 0.293 e. The van der Waals surface area contributed by atoms with Gasteiger partial charge in [-0.2, -0.15) is 0 Å². The highest BCUT2D eigenvalue weighted by atomic mass is 35.5. The van der Waals surface area contributed by atoms with Crippen molar-refractivity contribution in [2.45, 2.75) is 16.6 Å². The smallest absolute Gasteiger partial charge is 0.268 e. The van der Waals surface area contributed by atoms with Gasteiger partial charge in [-0.05, 0) is 53.2 Å². The first-order valence-electron chi connectivity index (χ1n) is 8.92. The van der Waals surface area contributed by atoms with Crippen LogP contribution in [-0.4, -0.2) is 21.0 Å². The number of thiazole rings is 1. The summed E-state index contributed by atoms with van der Waals surface area (Å²) in [7, 11) is 0. The lowest BCUT2D eigenvalue weighted by Gasteiger charge is -2.12. The van der Waals surface area contributed by atoms with Crippen LogP contribution < -0.4 is 0 Å². The van der Waals surface area contributed by atoms with Crippen molar-refractivity contribution < 1.29 is 14.0 Å². The second-order valence-electron chi connectivity index (χ2n) is 6.44. The Hall–Kier alpha value is -1.84. The van der Waals surface area contributed by atoms with Crippen LogP contribution in [0.4, 0.5) is 9.18 Å². The lowest BCUT2D eigenvalue weighted by molar-refractivity contribution is -0.123. The Bertz CT molecular complexity index is 1160. The summed E-state index contributed by atoms with van der Waals surface area (Å²) in [4.78, 5) is 31.4. The summed E-state index contributed by atoms with van der Waals surface area (Å²) >= 11 is 15.9. The molecule has 158 valence electrons. The average Bonchev–Trinajstić information content (AvgIpc) is 3.23. The molecule has 4 nitrogen and oxygen atoms in total. The number of carbonyl (C=O) groups excluding carboxylic acids is 2. The fourth-order valence-corrected chi connectivity index (χ4v) is 6.03. The second-order valence-corrected chi connectivity index (χ2v) is 10.5. The third-order valence-electron chi connectivity index (χ3n) is 4.26. The molecule has 0 aliphatic carbocycles. The Kier molecular flexibility index (Phi) is 7.03. The predicted molar refractivity (Wildman–Crippen MR) is 126 cm³/mol. The van der Waals surface area contributed by atoms with E-state index < -0.39 is 5.91 Å². The number of halogens is 3. The minimum Gasteiger partial charge on any atom is -0.268 e. The molecule has 1 aliphatic heterocycles. The highest BCUT2D eigenvalue weighted by Gasteiger charge is 2.35. The summed E-state index contributed by atoms with van der Waals surface area (Å²) in [5.74, 6) is -0.0734. The van der Waals surface area contributed by atoms with Crippen molar-refractivity contribution in [1.29, 1.82) is 0 Å². The first-order valence-corrected chi connectivity index (χ1v) is 12.3. The van der Waals surface area contributed by atoms with E-state index in [-0.39, 0.29) is 27.7 Å². The summed E-state index contributed by atoms with van der Waals surface area (Å²) in [6, 6.07) is 13.2. The standard InChI is InChI=1S/C21H13Cl2FN2O2S3/c22-14-5-1-13(2-6-14)11-29-20-25-18(23)16(30-20)9-17-19(27)26(21(28)31-17)10-12-3-7-15(24)8-4-12/h1-9H,10-11H2/b17-9-. The van der Waals surface area contributed by atoms with Gasteiger partial charge < -0.3 is 0 Å². The highest BCUT2D eigenvalue weighted by Crippen LogP contribution is 2.38. The summed E-state index contributed by atoms with van der Waals surface area (Å²) < 4.78 is 13.8. The third kappa shape index (κ3) is 5.51. The molecule has 1 aliphatic rings. The Labute approximate surface area is 200 Å². The molecule has 0 unspecified atom stereocenters. The normalized spacial score (nSPS) is 15.3. The van der Waals surface area contributed by atoms with Crippen molar-refractivity contribution in [3.63, 3.8) is 0 Å². The van der Waals surface area contributed by atoms with Crippen LogP contribution in [0.1, 0.15) is 16.0 Å². The van der Waals surface area contributed by atoms with Crippen LogP contribution in [0.2, 0.25) is 10.2 Å². The second kappa shape index (κ2) is 9.75. The van der Waals surface area contributed by atoms with Gasteiger partial charge in [-0.15, -0.1) is 11.3 Å². The van der Waals surface area contributed by atoms with Crippen molar-refractivity contribution in [2.24, 2.45) is 0 Å². The number of carbonyl (C=O) groups is 2. The summed E-state index contributed by atoms with van der Waals surface area (Å²) in [5, 5.41) is 0.592. The van der Waals surface area contributed by atoms with Crippen LogP contribution in [0.5, 0.6) is 0 Å². The zero-order valence-electron chi connectivity index (χ0n) is 15.7. The van der Waals surface area contributed by atoms with Crippen LogP contribution in [-0.2, 0) is 17.1 Å². The van der Waals surface area contributed by atoms with E-state index in [0.717, 1.165) is 26.6 Å². The Balaban J connectivity index is 1.45. The van der Waals surface area contributed by atoms with Crippen LogP contribution >= 0.6 is 58.1 Å². The van der Waals surface area contributed by atoms with Crippen LogP contribution in [0.3, 0.4) is 0 Å². The lowest BCUT2D eigenvalue weighted by Crippen LogP contribution is -2.27. The molecule has 2 heterocycles. The molecular formula is C21H13Cl2FN2O2S3. The van der Waals surface area contributed by atoms with Gasteiger partial charge in [-0.3, -0.25) is 14.5 Å². The van der Waals surface area contributed by atoms with E-state index in [1.165, 1.54) is 35.2 Å². The van der Waals surface area contributed by atoms with E-state index in [4.69, 9.17) is 23.2 Å². The van der Waals surface area contributed by atoms with Gasteiger partial charge in [0.1, 0.15) is 11.0 Å². The van der Waals surface area contributed by atoms with Crippen LogP contribution in [0, 0.1) is 5.82 Å². The Morgan fingerprint density at radius 2 is 1.71 bits per heavy atom. The van der Waals surface area contributed by atoms with E-state index in [1.807, 2.05) is 24.3 Å². The number of imide groups is 1. The monoisotopic (exact) mass is 510 g/mol. The molecule has 4 rings (SSSR count). The predicted octanol–water partition coefficient (Wildman–Crippen LogP) is 7.12. The van der Waals surface area contributed by atoms with E-state index in [9.17, 15) is 14.0 Å². The average molecular weight is 511 g/mol. The van der Waals surface area contributed by atoms with Gasteiger partial charge in [-0.25, -0.2) is 9.37 Å². The van der Waals surface area contributed by atoms with Gasteiger partial charge in [0.2, 0.25) is 0 Å². The number of amides is 2. The van der Waals surface area contributed by atoms with Crippen LogP contribution in [0.25, 0.3) is 6.08 Å². The molecule has 31 heavy (non-hydrogen) atoms. The molecular weight excluding hydrogens is 498 g/mol. The zero-order valence-corrected chi connectivity index (χ0v) is 19.6. The number of rotatable bonds is 6. The molecule has 0 saturated carbocycles. The molecule has 10 heteroatoms. The number of benzene rings is 2. The van der Waals surface area contributed by atoms with Gasteiger partial charge >= 0.3 is 0 Å². The van der Waals surface area contributed by atoms with Crippen molar-refractivity contribution >= 4 is 75.3 Å². The summed E-state index contributed by atoms with van der Waals surface area (Å²) in [6.07, 6.45) is 1.60. The topological polar surface area (TPSA) is 50.3 Å². The minimum absolute atomic E-state index is 0.0842. The van der Waals surface area contributed by atoms with Gasteiger partial charge in [-0.1, -0.05) is 59.2 Å². The van der Waals surface area contributed by atoms with Crippen molar-refractivity contribution in [3.8, 4) is 0 Å². The minimum atomic E-state index is -0.404. The van der Waals surface area contributed by atoms with Gasteiger partial charge in [0.05, 0.1) is 16.3 Å². The lowest BCUT2D eigenvalue weighted by atomic mass is 10.2. The first-order chi connectivity index (χ1) is 14.9. The molecule has 1 aromatic heterocycles. The van der Waals surface area contributed by atoms with Gasteiger partial charge in [0.15, 0.2) is 4.34 Å². The number of aromatic nitrogens is 1. The fraction of sp³-hybridized carbons (Fsp3) is 0.0952. The molecule has 0 N–H and O–H groups in total. The van der Waals surface area contributed by atoms with Gasteiger partial charge in [0, 0.05) is 10.8 Å². The number of hydrogen-bond donors (Lipinski definition) is 0. The highest BCUT2D eigenvalue weighted by molar-refractivity contribution is 8.18. The molecule has 2 aromatic carbocycles. The number of thioether (sulfide) groups is 2. The maximum Gasteiger partial charge on any atom is 0.293 e. The molecule has 2 amide bonds. The van der Waals surface area contributed by atoms with Gasteiger partial charge in [0.25, 0.3) is 11.1 Å². The zero-order chi connectivity index (χ0) is 22.0. The number of hydrogen-bond acceptors (Lipinski definition) is 6. The fourth-order valence-electron chi connectivity index (χ4n) is 2.70. The molecule has 3 aromatic rings. The maximum atomic E-state index is 13.1. The van der Waals surface area contributed by atoms with E-state index >= 15 is 0 Å². The van der Waals surface area contributed by atoms with E-state index in [0.29, 0.717) is 21.2 Å². The maximum absolute atomic E-state index is 13.1. The van der Waals surface area contributed by atoms with E-state index in [1.54, 1.807) is 18.2 Å². The van der Waals surface area contributed by atoms with Crippen molar-refractivity contribution in [2.75, 3.05) is 0 Å². The quantitative estimate of drug-likeness (QED) is 0.261. The van der Waals surface area contributed by atoms with E-state index in [2.05, 4.69) is 4.98 Å². The Morgan fingerprint density at radius 3 is 2.42 bits per heavy atom.